The standard InChI is InChI=1S/C13H11FN4OS2/c1-20-13-18-12-10(21-13)11(16-6-17-12)15-5-7-2-3-9(19)8(14)4-7/h2-4,6,19H,5H2,1H3,(H,15,16,17). The van der Waals surface area contributed by atoms with Crippen LogP contribution in [0, 0.1) is 5.82 Å². The summed E-state index contributed by atoms with van der Waals surface area (Å²) in [5.41, 5.74) is 1.37. The quantitative estimate of drug-likeness (QED) is 0.718. The molecule has 3 rings (SSSR count). The van der Waals surface area contributed by atoms with Crippen molar-refractivity contribution in [2.45, 2.75) is 10.9 Å². The molecule has 0 radical (unpaired) electrons. The second-order valence-electron chi connectivity index (χ2n) is 4.20. The second-order valence-corrected chi connectivity index (χ2v) is 6.25. The van der Waals surface area contributed by atoms with E-state index in [-0.39, 0.29) is 5.75 Å². The van der Waals surface area contributed by atoms with Crippen LogP contribution in [-0.2, 0) is 6.54 Å². The van der Waals surface area contributed by atoms with Gasteiger partial charge in [0.1, 0.15) is 16.8 Å². The minimum atomic E-state index is -0.635. The summed E-state index contributed by atoms with van der Waals surface area (Å²) < 4.78 is 15.1. The van der Waals surface area contributed by atoms with E-state index in [4.69, 9.17) is 0 Å². The van der Waals surface area contributed by atoms with Crippen molar-refractivity contribution in [2.75, 3.05) is 11.6 Å². The van der Waals surface area contributed by atoms with Gasteiger partial charge in [0.2, 0.25) is 0 Å². The molecule has 3 aromatic rings. The van der Waals surface area contributed by atoms with E-state index in [0.717, 1.165) is 9.04 Å². The van der Waals surface area contributed by atoms with Crippen LogP contribution in [0.15, 0.2) is 28.9 Å². The highest BCUT2D eigenvalue weighted by molar-refractivity contribution is 8.00. The van der Waals surface area contributed by atoms with Gasteiger partial charge in [-0.3, -0.25) is 0 Å². The Labute approximate surface area is 128 Å². The molecule has 1 aromatic carbocycles. The summed E-state index contributed by atoms with van der Waals surface area (Å²) in [6, 6.07) is 4.28. The molecule has 21 heavy (non-hydrogen) atoms. The van der Waals surface area contributed by atoms with Gasteiger partial charge in [0.25, 0.3) is 0 Å². The first-order chi connectivity index (χ1) is 10.2. The number of thiazole rings is 1. The molecular formula is C13H11FN4OS2. The number of hydrogen-bond acceptors (Lipinski definition) is 7. The molecule has 0 atom stereocenters. The molecule has 0 unspecified atom stereocenters. The fourth-order valence-electron chi connectivity index (χ4n) is 1.79. The van der Waals surface area contributed by atoms with Crippen LogP contribution < -0.4 is 5.32 Å². The molecule has 0 fully saturated rings. The van der Waals surface area contributed by atoms with Crippen LogP contribution in [-0.4, -0.2) is 26.3 Å². The van der Waals surface area contributed by atoms with Gasteiger partial charge in [0, 0.05) is 6.54 Å². The maximum atomic E-state index is 13.3. The molecule has 0 aliphatic heterocycles. The van der Waals surface area contributed by atoms with Crippen LogP contribution in [0.5, 0.6) is 5.75 Å². The Kier molecular flexibility index (Phi) is 3.89. The van der Waals surface area contributed by atoms with E-state index >= 15 is 0 Å². The molecule has 0 spiro atoms. The second kappa shape index (κ2) is 5.82. The Hall–Kier alpha value is -1.93. The Morgan fingerprint density at radius 2 is 2.24 bits per heavy atom. The van der Waals surface area contributed by atoms with Gasteiger partial charge < -0.3 is 10.4 Å². The summed E-state index contributed by atoms with van der Waals surface area (Å²) in [5, 5.41) is 12.3. The lowest BCUT2D eigenvalue weighted by molar-refractivity contribution is 0.432. The summed E-state index contributed by atoms with van der Waals surface area (Å²) in [7, 11) is 0. The first kappa shape index (κ1) is 14.0. The maximum Gasteiger partial charge on any atom is 0.176 e. The summed E-state index contributed by atoms with van der Waals surface area (Å²) in [5.74, 6) is -0.314. The largest absolute Gasteiger partial charge is 0.505 e. The van der Waals surface area contributed by atoms with E-state index in [1.54, 1.807) is 17.8 Å². The number of phenols is 1. The van der Waals surface area contributed by atoms with Gasteiger partial charge in [-0.15, -0.1) is 11.3 Å². The van der Waals surface area contributed by atoms with Crippen molar-refractivity contribution in [1.82, 2.24) is 15.0 Å². The van der Waals surface area contributed by atoms with E-state index in [2.05, 4.69) is 20.3 Å². The first-order valence-corrected chi connectivity index (χ1v) is 8.08. The molecule has 5 nitrogen and oxygen atoms in total. The molecular weight excluding hydrogens is 311 g/mol. The minimum absolute atomic E-state index is 0.352. The third kappa shape index (κ3) is 2.91. The number of nitrogens with zero attached hydrogens (tertiary/aromatic N) is 3. The molecule has 0 saturated carbocycles. The number of rotatable bonds is 4. The number of benzene rings is 1. The molecule has 108 valence electrons. The topological polar surface area (TPSA) is 70.9 Å². The predicted octanol–water partition coefficient (Wildman–Crippen LogP) is 3.27. The van der Waals surface area contributed by atoms with Crippen molar-refractivity contribution < 1.29 is 9.50 Å². The number of phenolic OH excluding ortho intramolecular Hbond substituents is 1. The van der Waals surface area contributed by atoms with Gasteiger partial charge in [-0.05, 0) is 24.0 Å². The zero-order valence-electron chi connectivity index (χ0n) is 11.0. The van der Waals surface area contributed by atoms with Gasteiger partial charge in [0.15, 0.2) is 21.6 Å². The van der Waals surface area contributed by atoms with Crippen molar-refractivity contribution in [3.8, 4) is 5.75 Å². The van der Waals surface area contributed by atoms with E-state index in [1.165, 1.54) is 29.8 Å². The normalized spacial score (nSPS) is 11.0. The zero-order chi connectivity index (χ0) is 14.8. The number of anilines is 1. The predicted molar refractivity (Wildman–Crippen MR) is 82.4 cm³/mol. The van der Waals surface area contributed by atoms with Crippen LogP contribution in [0.25, 0.3) is 10.3 Å². The third-order valence-corrected chi connectivity index (χ3v) is 4.85. The number of halogens is 1. The summed E-state index contributed by atoms with van der Waals surface area (Å²) in [6.07, 6.45) is 3.41. The maximum absolute atomic E-state index is 13.3. The van der Waals surface area contributed by atoms with E-state index in [0.29, 0.717) is 23.6 Å². The molecule has 0 aliphatic rings. The highest BCUT2D eigenvalue weighted by atomic mass is 32.2. The Morgan fingerprint density at radius 3 is 3.00 bits per heavy atom. The van der Waals surface area contributed by atoms with Crippen molar-refractivity contribution in [2.24, 2.45) is 0 Å². The van der Waals surface area contributed by atoms with Crippen LogP contribution in [0.1, 0.15) is 5.56 Å². The van der Waals surface area contributed by atoms with Crippen molar-refractivity contribution in [3.05, 3.63) is 35.9 Å². The molecule has 0 saturated heterocycles. The lowest BCUT2D eigenvalue weighted by Crippen LogP contribution is -2.02. The number of hydrogen-bond donors (Lipinski definition) is 2. The van der Waals surface area contributed by atoms with Crippen molar-refractivity contribution in [3.63, 3.8) is 0 Å². The molecule has 0 bridgehead atoms. The lowest BCUT2D eigenvalue weighted by atomic mass is 10.2. The average Bonchev–Trinajstić information content (AvgIpc) is 2.92. The fraction of sp³-hybridized carbons (Fsp3) is 0.154. The van der Waals surface area contributed by atoms with Gasteiger partial charge in [-0.2, -0.15) is 0 Å². The summed E-state index contributed by atoms with van der Waals surface area (Å²) in [4.78, 5) is 12.7. The van der Waals surface area contributed by atoms with E-state index in [9.17, 15) is 9.50 Å². The van der Waals surface area contributed by atoms with Crippen LogP contribution >= 0.6 is 23.1 Å². The van der Waals surface area contributed by atoms with E-state index in [1.807, 2.05) is 6.26 Å². The molecule has 2 heterocycles. The Balaban J connectivity index is 1.84. The third-order valence-electron chi connectivity index (χ3n) is 2.82. The number of aromatic nitrogens is 3. The minimum Gasteiger partial charge on any atom is -0.505 e. The molecule has 2 aromatic heterocycles. The Morgan fingerprint density at radius 1 is 1.38 bits per heavy atom. The zero-order valence-corrected chi connectivity index (χ0v) is 12.6. The highest BCUT2D eigenvalue weighted by Gasteiger charge is 2.10. The van der Waals surface area contributed by atoms with Gasteiger partial charge in [-0.25, -0.2) is 19.3 Å². The molecule has 2 N–H and O–H groups in total. The highest BCUT2D eigenvalue weighted by Crippen LogP contribution is 2.31. The molecule has 0 aliphatic carbocycles. The number of fused-ring (bicyclic) bond motifs is 1. The van der Waals surface area contributed by atoms with Crippen LogP contribution in [0.2, 0.25) is 0 Å². The van der Waals surface area contributed by atoms with E-state index < -0.39 is 5.82 Å². The summed E-state index contributed by atoms with van der Waals surface area (Å²) >= 11 is 3.07. The number of aromatic hydroxyl groups is 1. The smallest absolute Gasteiger partial charge is 0.176 e. The number of nitrogens with one attached hydrogen (secondary N) is 1. The Bertz CT molecular complexity index is 793. The number of thioether (sulfide) groups is 1. The van der Waals surface area contributed by atoms with Gasteiger partial charge in [0.05, 0.1) is 0 Å². The average molecular weight is 322 g/mol. The lowest BCUT2D eigenvalue weighted by Gasteiger charge is -2.06. The fourth-order valence-corrected chi connectivity index (χ4v) is 3.27. The van der Waals surface area contributed by atoms with Gasteiger partial charge >= 0.3 is 0 Å². The molecule has 8 heteroatoms. The van der Waals surface area contributed by atoms with Gasteiger partial charge in [-0.1, -0.05) is 17.8 Å². The van der Waals surface area contributed by atoms with Crippen molar-refractivity contribution in [1.29, 1.82) is 0 Å². The SMILES string of the molecule is CSc1nc2ncnc(NCc3ccc(O)c(F)c3)c2s1. The van der Waals surface area contributed by atoms with Crippen LogP contribution in [0.4, 0.5) is 10.2 Å². The first-order valence-electron chi connectivity index (χ1n) is 6.04. The van der Waals surface area contributed by atoms with Crippen molar-refractivity contribution >= 4 is 39.3 Å². The van der Waals surface area contributed by atoms with Crippen LogP contribution in [0.3, 0.4) is 0 Å². The molecule has 0 amide bonds. The summed E-state index contributed by atoms with van der Waals surface area (Å²) in [6.45, 7) is 0.399. The monoisotopic (exact) mass is 322 g/mol.